The molecule has 2 rings (SSSR count). The molecule has 0 saturated heterocycles. The van der Waals surface area contributed by atoms with Gasteiger partial charge in [0.25, 0.3) is 11.3 Å². The number of nitrogens with one attached hydrogen (secondary N) is 1. The van der Waals surface area contributed by atoms with Crippen molar-refractivity contribution in [2.45, 2.75) is 20.5 Å². The summed E-state index contributed by atoms with van der Waals surface area (Å²) in [6.07, 6.45) is 0. The van der Waals surface area contributed by atoms with E-state index in [1.807, 2.05) is 0 Å². The van der Waals surface area contributed by atoms with Gasteiger partial charge in [-0.3, -0.25) is 14.7 Å². The van der Waals surface area contributed by atoms with E-state index in [-0.39, 0.29) is 17.9 Å². The van der Waals surface area contributed by atoms with E-state index in [1.54, 1.807) is 6.92 Å². The van der Waals surface area contributed by atoms with Gasteiger partial charge in [0.2, 0.25) is 0 Å². The van der Waals surface area contributed by atoms with Crippen LogP contribution in [0.3, 0.4) is 0 Å². The Morgan fingerprint density at radius 2 is 2.31 bits per heavy atom. The number of carbonyl (C=O) groups is 1. The van der Waals surface area contributed by atoms with Crippen molar-refractivity contribution in [3.05, 3.63) is 27.9 Å². The largest absolute Gasteiger partial charge is 0.459 e. The number of ether oxygens (including phenoxy) is 1. The van der Waals surface area contributed by atoms with Crippen LogP contribution in [0.25, 0.3) is 5.78 Å². The molecule has 0 spiro atoms. The van der Waals surface area contributed by atoms with Crippen molar-refractivity contribution >= 4 is 11.7 Å². The number of aromatic amines is 1. The Hall–Kier alpha value is -2.18. The van der Waals surface area contributed by atoms with Gasteiger partial charge in [0, 0.05) is 13.0 Å². The molecule has 0 aliphatic rings. The van der Waals surface area contributed by atoms with Crippen molar-refractivity contribution in [1.82, 2.24) is 19.6 Å². The number of rotatable bonds is 2. The fourth-order valence-electron chi connectivity index (χ4n) is 1.28. The second-order valence-electron chi connectivity index (χ2n) is 3.31. The van der Waals surface area contributed by atoms with Crippen LogP contribution in [0.1, 0.15) is 18.4 Å². The molecule has 0 aliphatic heterocycles. The molecule has 2 aromatic rings. The third-order valence-corrected chi connectivity index (χ3v) is 1.92. The fourth-order valence-corrected chi connectivity index (χ4v) is 1.28. The van der Waals surface area contributed by atoms with E-state index in [2.05, 4.69) is 15.1 Å². The number of esters is 1. The Bertz CT molecular complexity index is 598. The lowest BCUT2D eigenvalue weighted by atomic mass is 10.4. The van der Waals surface area contributed by atoms with Crippen molar-refractivity contribution in [3.63, 3.8) is 0 Å². The quantitative estimate of drug-likeness (QED) is 0.710. The minimum atomic E-state index is -0.416. The first-order valence-corrected chi connectivity index (χ1v) is 4.65. The highest BCUT2D eigenvalue weighted by Gasteiger charge is 2.06. The third kappa shape index (κ3) is 1.92. The predicted molar refractivity (Wildman–Crippen MR) is 53.8 cm³/mol. The molecule has 7 heteroatoms. The molecule has 0 unspecified atom stereocenters. The monoisotopic (exact) mass is 222 g/mol. The second-order valence-corrected chi connectivity index (χ2v) is 3.31. The molecule has 0 amide bonds. The van der Waals surface area contributed by atoms with Gasteiger partial charge in [-0.25, -0.2) is 4.98 Å². The zero-order valence-electron chi connectivity index (χ0n) is 8.85. The van der Waals surface area contributed by atoms with E-state index in [9.17, 15) is 9.59 Å². The summed E-state index contributed by atoms with van der Waals surface area (Å²) in [5.41, 5.74) is 0.0967. The van der Waals surface area contributed by atoms with Crippen molar-refractivity contribution in [2.75, 3.05) is 0 Å². The Kier molecular flexibility index (Phi) is 2.43. The highest BCUT2D eigenvalue weighted by Crippen LogP contribution is 1.98. The van der Waals surface area contributed by atoms with Crippen LogP contribution < -0.4 is 5.56 Å². The zero-order chi connectivity index (χ0) is 11.7. The molecule has 84 valence electrons. The maximum Gasteiger partial charge on any atom is 0.303 e. The van der Waals surface area contributed by atoms with Gasteiger partial charge in [-0.1, -0.05) is 0 Å². The van der Waals surface area contributed by atoms with Crippen LogP contribution in [-0.2, 0) is 16.1 Å². The third-order valence-electron chi connectivity index (χ3n) is 1.92. The van der Waals surface area contributed by atoms with Crippen LogP contribution in [0.5, 0.6) is 0 Å². The number of nitrogens with zero attached hydrogens (tertiary/aromatic N) is 3. The summed E-state index contributed by atoms with van der Waals surface area (Å²) in [7, 11) is 0. The molecule has 7 nitrogen and oxygen atoms in total. The van der Waals surface area contributed by atoms with E-state index in [4.69, 9.17) is 4.74 Å². The first-order valence-electron chi connectivity index (χ1n) is 4.65. The van der Waals surface area contributed by atoms with Crippen LogP contribution in [0.2, 0.25) is 0 Å². The lowest BCUT2D eigenvalue weighted by Crippen LogP contribution is -2.16. The fraction of sp³-hybridized carbons (Fsp3) is 0.333. The molecule has 0 aromatic carbocycles. The van der Waals surface area contributed by atoms with Crippen LogP contribution in [-0.4, -0.2) is 25.6 Å². The zero-order valence-corrected chi connectivity index (χ0v) is 8.85. The van der Waals surface area contributed by atoms with Crippen molar-refractivity contribution < 1.29 is 9.53 Å². The lowest BCUT2D eigenvalue weighted by Gasteiger charge is -2.00. The summed E-state index contributed by atoms with van der Waals surface area (Å²) in [4.78, 5) is 30.3. The molecule has 0 saturated carbocycles. The summed E-state index contributed by atoms with van der Waals surface area (Å²) >= 11 is 0. The van der Waals surface area contributed by atoms with Gasteiger partial charge >= 0.3 is 5.97 Å². The van der Waals surface area contributed by atoms with Gasteiger partial charge in [-0.15, -0.1) is 0 Å². The number of aromatic nitrogens is 4. The molecule has 0 atom stereocenters. The Morgan fingerprint density at radius 1 is 1.56 bits per heavy atom. The first kappa shape index (κ1) is 10.3. The maximum atomic E-state index is 11.6. The predicted octanol–water partition coefficient (Wildman–Crippen LogP) is -0.211. The van der Waals surface area contributed by atoms with Crippen LogP contribution in [0.15, 0.2) is 10.9 Å². The topological polar surface area (TPSA) is 89.4 Å². The normalized spacial score (nSPS) is 10.6. The average molecular weight is 222 g/mol. The molecule has 0 bridgehead atoms. The standard InChI is InChI=1S/C9H10N4O3/c1-5-10-9-11-7(4-16-6(2)14)3-8(15)13(9)12-5/h3H,4H2,1-2H3,(H,10,11,12). The Balaban J connectivity index is 2.41. The number of aryl methyl sites for hydroxylation is 1. The maximum absolute atomic E-state index is 11.6. The van der Waals surface area contributed by atoms with E-state index in [1.165, 1.54) is 17.5 Å². The van der Waals surface area contributed by atoms with Gasteiger partial charge < -0.3 is 4.74 Å². The van der Waals surface area contributed by atoms with E-state index >= 15 is 0 Å². The molecule has 0 aliphatic carbocycles. The summed E-state index contributed by atoms with van der Waals surface area (Å²) in [6.45, 7) is 3.00. The molecule has 0 radical (unpaired) electrons. The van der Waals surface area contributed by atoms with Crippen LogP contribution >= 0.6 is 0 Å². The van der Waals surface area contributed by atoms with Gasteiger partial charge in [0.15, 0.2) is 0 Å². The molecule has 16 heavy (non-hydrogen) atoms. The van der Waals surface area contributed by atoms with Crippen molar-refractivity contribution in [3.8, 4) is 0 Å². The SMILES string of the molecule is CC(=O)OCc1cc(=O)n2[nH]c(C)nc2n1. The smallest absolute Gasteiger partial charge is 0.303 e. The lowest BCUT2D eigenvalue weighted by molar-refractivity contribution is -0.142. The summed E-state index contributed by atoms with van der Waals surface area (Å²) in [5.74, 6) is 0.446. The Labute approximate surface area is 90.1 Å². The number of H-pyrrole nitrogens is 1. The molecular formula is C9H10N4O3. The van der Waals surface area contributed by atoms with E-state index < -0.39 is 5.97 Å². The number of fused-ring (bicyclic) bond motifs is 1. The van der Waals surface area contributed by atoms with Crippen molar-refractivity contribution in [1.29, 1.82) is 0 Å². The highest BCUT2D eigenvalue weighted by atomic mass is 16.5. The van der Waals surface area contributed by atoms with Gasteiger partial charge in [-0.05, 0) is 6.92 Å². The van der Waals surface area contributed by atoms with Crippen molar-refractivity contribution in [2.24, 2.45) is 0 Å². The highest BCUT2D eigenvalue weighted by molar-refractivity contribution is 5.65. The minimum absolute atomic E-state index is 0.0209. The minimum Gasteiger partial charge on any atom is -0.459 e. The molecule has 0 fully saturated rings. The molecule has 2 heterocycles. The Morgan fingerprint density at radius 3 is 3.00 bits per heavy atom. The average Bonchev–Trinajstić information content (AvgIpc) is 2.56. The van der Waals surface area contributed by atoms with Gasteiger partial charge in [0.1, 0.15) is 12.4 Å². The summed E-state index contributed by atoms with van der Waals surface area (Å²) in [6, 6.07) is 1.30. The molecular weight excluding hydrogens is 212 g/mol. The summed E-state index contributed by atoms with van der Waals surface area (Å²) in [5, 5.41) is 2.74. The van der Waals surface area contributed by atoms with Gasteiger partial charge in [0.05, 0.1) is 5.69 Å². The second kappa shape index (κ2) is 3.76. The first-order chi connectivity index (χ1) is 7.56. The molecule has 2 aromatic heterocycles. The number of carbonyl (C=O) groups excluding carboxylic acids is 1. The number of hydrogen-bond donors (Lipinski definition) is 1. The molecule has 1 N–H and O–H groups in total. The van der Waals surface area contributed by atoms with E-state index in [0.29, 0.717) is 11.5 Å². The van der Waals surface area contributed by atoms with Crippen LogP contribution in [0.4, 0.5) is 0 Å². The number of hydrogen-bond acceptors (Lipinski definition) is 5. The van der Waals surface area contributed by atoms with E-state index in [0.717, 1.165) is 0 Å². The summed E-state index contributed by atoms with van der Waals surface area (Å²) < 4.78 is 5.98. The van der Waals surface area contributed by atoms with Gasteiger partial charge in [-0.2, -0.15) is 9.50 Å². The van der Waals surface area contributed by atoms with Crippen LogP contribution in [0, 0.1) is 6.92 Å².